The van der Waals surface area contributed by atoms with Crippen molar-refractivity contribution in [2.45, 2.75) is 32.6 Å². The first-order valence-electron chi connectivity index (χ1n) is 6.15. The lowest BCUT2D eigenvalue weighted by Gasteiger charge is -2.05. The molecule has 0 saturated heterocycles. The van der Waals surface area contributed by atoms with Crippen LogP contribution in [0.4, 0.5) is 18.9 Å². The lowest BCUT2D eigenvalue weighted by Crippen LogP contribution is -2.07. The van der Waals surface area contributed by atoms with Gasteiger partial charge in [0.2, 0.25) is 0 Å². The van der Waals surface area contributed by atoms with Crippen LogP contribution < -0.4 is 5.32 Å². The summed E-state index contributed by atoms with van der Waals surface area (Å²) in [7, 11) is 1.49. The summed E-state index contributed by atoms with van der Waals surface area (Å²) in [5.74, 6) is 0. The van der Waals surface area contributed by atoms with Gasteiger partial charge in [-0.2, -0.15) is 23.4 Å². The molecule has 0 atom stereocenters. The first-order valence-corrected chi connectivity index (χ1v) is 6.15. The zero-order valence-corrected chi connectivity index (χ0v) is 11.4. The molecule has 0 aliphatic heterocycles. The molecular weight excluding hydrogens is 271 g/mol. The summed E-state index contributed by atoms with van der Waals surface area (Å²) in [4.78, 5) is 0. The molecule has 8 heteroatoms. The second-order valence-electron chi connectivity index (χ2n) is 4.80. The Morgan fingerprint density at radius 3 is 2.55 bits per heavy atom. The van der Waals surface area contributed by atoms with E-state index in [1.54, 1.807) is 10.9 Å². The molecule has 0 aromatic carbocycles. The highest BCUT2D eigenvalue weighted by Crippen LogP contribution is 2.28. The highest BCUT2D eigenvalue weighted by Gasteiger charge is 2.34. The van der Waals surface area contributed by atoms with Gasteiger partial charge < -0.3 is 5.32 Å². The van der Waals surface area contributed by atoms with E-state index in [4.69, 9.17) is 0 Å². The first kappa shape index (κ1) is 14.4. The van der Waals surface area contributed by atoms with Gasteiger partial charge in [0.25, 0.3) is 0 Å². The Balaban J connectivity index is 2.05. The second-order valence-corrected chi connectivity index (χ2v) is 4.80. The van der Waals surface area contributed by atoms with Gasteiger partial charge in [-0.25, -0.2) is 0 Å². The lowest BCUT2D eigenvalue weighted by atomic mass is 10.3. The van der Waals surface area contributed by atoms with Crippen LogP contribution in [0.5, 0.6) is 0 Å². The van der Waals surface area contributed by atoms with E-state index in [1.807, 2.05) is 20.0 Å². The van der Waals surface area contributed by atoms with Crippen molar-refractivity contribution < 1.29 is 13.2 Å². The minimum atomic E-state index is -4.42. The number of halogens is 3. The maximum absolute atomic E-state index is 12.5. The van der Waals surface area contributed by atoms with Gasteiger partial charge in [-0.1, -0.05) is 0 Å². The number of nitrogens with zero attached hydrogens (tertiary/aromatic N) is 4. The fourth-order valence-electron chi connectivity index (χ4n) is 1.71. The van der Waals surface area contributed by atoms with Crippen LogP contribution in [0.2, 0.25) is 0 Å². The number of aryl methyl sites for hydroxylation is 1. The largest absolute Gasteiger partial charge is 0.435 e. The Morgan fingerprint density at radius 2 is 2.05 bits per heavy atom. The number of hydrogen-bond acceptors (Lipinski definition) is 3. The van der Waals surface area contributed by atoms with E-state index in [2.05, 4.69) is 15.5 Å². The van der Waals surface area contributed by atoms with Crippen LogP contribution in [0.25, 0.3) is 0 Å². The summed E-state index contributed by atoms with van der Waals surface area (Å²) in [6.45, 7) is 4.24. The molecule has 0 aliphatic rings. The Bertz CT molecular complexity index is 582. The van der Waals surface area contributed by atoms with Gasteiger partial charge >= 0.3 is 6.18 Å². The van der Waals surface area contributed by atoms with Crippen molar-refractivity contribution in [2.75, 3.05) is 5.32 Å². The molecule has 2 aromatic rings. The Morgan fingerprint density at radius 1 is 1.35 bits per heavy atom. The number of rotatable bonds is 4. The maximum Gasteiger partial charge on any atom is 0.435 e. The number of aromatic nitrogens is 4. The molecular formula is C12H16F3N5. The van der Waals surface area contributed by atoms with Gasteiger partial charge in [-0.3, -0.25) is 9.36 Å². The average molecular weight is 287 g/mol. The van der Waals surface area contributed by atoms with E-state index in [-0.39, 0.29) is 12.6 Å². The van der Waals surface area contributed by atoms with Crippen LogP contribution in [-0.2, 0) is 19.8 Å². The molecule has 0 aliphatic carbocycles. The third-order valence-corrected chi connectivity index (χ3v) is 2.87. The third-order valence-electron chi connectivity index (χ3n) is 2.87. The van der Waals surface area contributed by atoms with Crippen molar-refractivity contribution in [3.8, 4) is 0 Å². The molecule has 2 aromatic heterocycles. The van der Waals surface area contributed by atoms with Crippen LogP contribution in [0, 0.1) is 0 Å². The molecule has 0 saturated carbocycles. The predicted octanol–water partition coefficient (Wildman–Crippen LogP) is 2.83. The first-order chi connectivity index (χ1) is 9.27. The fraction of sp³-hybridized carbons (Fsp3) is 0.500. The van der Waals surface area contributed by atoms with Crippen molar-refractivity contribution >= 4 is 5.69 Å². The molecule has 110 valence electrons. The fourth-order valence-corrected chi connectivity index (χ4v) is 1.71. The standard InChI is InChI=1S/C12H16F3N5/c1-8(2)20-7-9(5-17-20)16-6-10-4-11(12(13,14)15)18-19(10)3/h4-5,7-8,16H,6H2,1-3H3. The Kier molecular flexibility index (Phi) is 3.74. The van der Waals surface area contributed by atoms with Crippen molar-refractivity contribution in [1.29, 1.82) is 0 Å². The Labute approximate surface area is 114 Å². The van der Waals surface area contributed by atoms with E-state index in [9.17, 15) is 13.2 Å². The van der Waals surface area contributed by atoms with Gasteiger partial charge in [0, 0.05) is 19.3 Å². The van der Waals surface area contributed by atoms with E-state index >= 15 is 0 Å². The summed E-state index contributed by atoms with van der Waals surface area (Å²) >= 11 is 0. The maximum atomic E-state index is 12.5. The van der Waals surface area contributed by atoms with Crippen LogP contribution in [0.3, 0.4) is 0 Å². The third kappa shape index (κ3) is 3.12. The molecule has 0 radical (unpaired) electrons. The van der Waals surface area contributed by atoms with Gasteiger partial charge in [0.15, 0.2) is 5.69 Å². The van der Waals surface area contributed by atoms with Crippen molar-refractivity contribution in [2.24, 2.45) is 7.05 Å². The monoisotopic (exact) mass is 287 g/mol. The van der Waals surface area contributed by atoms with E-state index in [0.29, 0.717) is 5.69 Å². The number of alkyl halides is 3. The molecule has 0 bridgehead atoms. The van der Waals surface area contributed by atoms with Crippen LogP contribution in [0.1, 0.15) is 31.3 Å². The van der Waals surface area contributed by atoms with Crippen molar-refractivity contribution in [1.82, 2.24) is 19.6 Å². The molecule has 0 fully saturated rings. The molecule has 0 spiro atoms. The number of hydrogen-bond donors (Lipinski definition) is 1. The average Bonchev–Trinajstić information content (AvgIpc) is 2.92. The summed E-state index contributed by atoms with van der Waals surface area (Å²) in [6, 6.07) is 1.28. The second kappa shape index (κ2) is 5.18. The molecule has 1 N–H and O–H groups in total. The smallest absolute Gasteiger partial charge is 0.377 e. The number of nitrogens with one attached hydrogen (secondary N) is 1. The molecule has 0 unspecified atom stereocenters. The summed E-state index contributed by atoms with van der Waals surface area (Å²) in [5.41, 5.74) is 0.331. The van der Waals surface area contributed by atoms with Crippen LogP contribution in [0.15, 0.2) is 18.5 Å². The van der Waals surface area contributed by atoms with Crippen molar-refractivity contribution in [3.05, 3.63) is 29.8 Å². The Hall–Kier alpha value is -1.99. The van der Waals surface area contributed by atoms with Crippen molar-refractivity contribution in [3.63, 3.8) is 0 Å². The summed E-state index contributed by atoms with van der Waals surface area (Å²) < 4.78 is 40.6. The molecule has 2 rings (SSSR count). The zero-order chi connectivity index (χ0) is 14.9. The molecule has 20 heavy (non-hydrogen) atoms. The highest BCUT2D eigenvalue weighted by atomic mass is 19.4. The van der Waals surface area contributed by atoms with E-state index in [1.165, 1.54) is 11.7 Å². The zero-order valence-electron chi connectivity index (χ0n) is 11.4. The quantitative estimate of drug-likeness (QED) is 0.940. The summed E-state index contributed by atoms with van der Waals surface area (Å²) in [6.07, 6.45) is -0.967. The topological polar surface area (TPSA) is 47.7 Å². The van der Waals surface area contributed by atoms with E-state index < -0.39 is 11.9 Å². The molecule has 5 nitrogen and oxygen atoms in total. The molecule has 2 heterocycles. The normalized spacial score (nSPS) is 12.2. The molecule has 0 amide bonds. The van der Waals surface area contributed by atoms with Crippen LogP contribution >= 0.6 is 0 Å². The SMILES string of the molecule is CC(C)n1cc(NCc2cc(C(F)(F)F)nn2C)cn1. The van der Waals surface area contributed by atoms with Gasteiger partial charge in [-0.05, 0) is 19.9 Å². The predicted molar refractivity (Wildman–Crippen MR) is 68.1 cm³/mol. The summed E-state index contributed by atoms with van der Waals surface area (Å²) in [5, 5.41) is 10.6. The minimum Gasteiger partial charge on any atom is -0.377 e. The number of anilines is 1. The van der Waals surface area contributed by atoms with E-state index in [0.717, 1.165) is 11.8 Å². The minimum absolute atomic E-state index is 0.235. The van der Waals surface area contributed by atoms with Gasteiger partial charge in [0.1, 0.15) is 0 Å². The highest BCUT2D eigenvalue weighted by molar-refractivity contribution is 5.38. The van der Waals surface area contributed by atoms with Crippen LogP contribution in [-0.4, -0.2) is 19.6 Å². The lowest BCUT2D eigenvalue weighted by molar-refractivity contribution is -0.141. The van der Waals surface area contributed by atoms with Gasteiger partial charge in [0.05, 0.1) is 24.1 Å². The van der Waals surface area contributed by atoms with Gasteiger partial charge in [-0.15, -0.1) is 0 Å².